The van der Waals surface area contributed by atoms with Crippen LogP contribution in [-0.4, -0.2) is 20.9 Å². The number of carbonyl (C=O) groups is 2. The average molecular weight is 434 g/mol. The van der Waals surface area contributed by atoms with E-state index in [9.17, 15) is 9.59 Å². The van der Waals surface area contributed by atoms with Gasteiger partial charge in [-0.25, -0.2) is 0 Å². The van der Waals surface area contributed by atoms with Crippen LogP contribution in [0.2, 0.25) is 0 Å². The maximum Gasteiger partial charge on any atom is 0.259 e. The van der Waals surface area contributed by atoms with Crippen LogP contribution in [-0.2, 0) is 13.1 Å². The topological polar surface area (TPSA) is 79.8 Å². The minimum atomic E-state index is -0.331. The monoisotopic (exact) mass is 434 g/mol. The van der Waals surface area contributed by atoms with Gasteiger partial charge in [0.1, 0.15) is 0 Å². The molecule has 0 radical (unpaired) electrons. The van der Waals surface area contributed by atoms with Crippen molar-refractivity contribution < 1.29 is 9.59 Å². The summed E-state index contributed by atoms with van der Waals surface area (Å²) in [6, 6.07) is 18.4. The summed E-state index contributed by atoms with van der Waals surface area (Å²) >= 11 is 0. The Morgan fingerprint density at radius 1 is 0.818 bits per heavy atom. The molecule has 0 fully saturated rings. The molecular formula is C27H22N4O2. The van der Waals surface area contributed by atoms with Gasteiger partial charge in [-0.3, -0.25) is 14.9 Å². The molecule has 0 unspecified atom stereocenters. The molecule has 1 aliphatic heterocycles. The molecule has 6 heteroatoms. The smallest absolute Gasteiger partial charge is 0.259 e. The Hall–Kier alpha value is -4.11. The van der Waals surface area contributed by atoms with Crippen LogP contribution in [0.1, 0.15) is 46.9 Å². The van der Waals surface area contributed by atoms with E-state index in [0.717, 1.165) is 69.5 Å². The lowest BCUT2D eigenvalue weighted by Gasteiger charge is -2.12. The fourth-order valence-corrected chi connectivity index (χ4v) is 5.57. The van der Waals surface area contributed by atoms with Gasteiger partial charge in [0.05, 0.1) is 28.2 Å². The zero-order valence-corrected chi connectivity index (χ0v) is 18.3. The number of nitriles is 1. The van der Waals surface area contributed by atoms with Gasteiger partial charge < -0.3 is 9.13 Å². The largest absolute Gasteiger partial charge is 0.339 e. The third kappa shape index (κ3) is 2.53. The van der Waals surface area contributed by atoms with Gasteiger partial charge in [0.15, 0.2) is 0 Å². The molecule has 0 aliphatic carbocycles. The minimum Gasteiger partial charge on any atom is -0.339 e. The van der Waals surface area contributed by atoms with Crippen LogP contribution >= 0.6 is 0 Å². The zero-order chi connectivity index (χ0) is 22.7. The number of aromatic nitrogens is 2. The van der Waals surface area contributed by atoms with E-state index in [1.807, 2.05) is 36.4 Å². The molecule has 0 atom stereocenters. The van der Waals surface area contributed by atoms with Crippen LogP contribution in [0.25, 0.3) is 43.6 Å². The van der Waals surface area contributed by atoms with Crippen molar-refractivity contribution in [1.29, 1.82) is 5.26 Å². The normalized spacial score (nSPS) is 13.3. The van der Waals surface area contributed by atoms with Gasteiger partial charge >= 0.3 is 0 Å². The number of fused-ring (bicyclic) bond motifs is 10. The Morgan fingerprint density at radius 3 is 1.94 bits per heavy atom. The number of nitrogens with one attached hydrogen (secondary N) is 1. The molecule has 5 aromatic rings. The van der Waals surface area contributed by atoms with Gasteiger partial charge in [0.2, 0.25) is 0 Å². The summed E-state index contributed by atoms with van der Waals surface area (Å²) in [5.74, 6) is -0.658. The van der Waals surface area contributed by atoms with E-state index in [1.54, 1.807) is 0 Å². The Balaban J connectivity index is 1.88. The first-order chi connectivity index (χ1) is 16.2. The second-order valence-corrected chi connectivity index (χ2v) is 8.53. The molecule has 3 aromatic carbocycles. The second-order valence-electron chi connectivity index (χ2n) is 8.53. The first-order valence-corrected chi connectivity index (χ1v) is 11.4. The van der Waals surface area contributed by atoms with E-state index in [1.165, 1.54) is 0 Å². The number of hydrogen-bond acceptors (Lipinski definition) is 3. The fourth-order valence-electron chi connectivity index (χ4n) is 5.57. The molecule has 3 heterocycles. The van der Waals surface area contributed by atoms with Crippen molar-refractivity contribution in [3.05, 3.63) is 59.7 Å². The predicted molar refractivity (Wildman–Crippen MR) is 129 cm³/mol. The highest BCUT2D eigenvalue weighted by Gasteiger charge is 2.36. The van der Waals surface area contributed by atoms with E-state index >= 15 is 0 Å². The van der Waals surface area contributed by atoms with Gasteiger partial charge in [0, 0.05) is 52.1 Å². The van der Waals surface area contributed by atoms with Crippen LogP contribution in [0.3, 0.4) is 0 Å². The third-order valence-electron chi connectivity index (χ3n) is 6.83. The van der Waals surface area contributed by atoms with E-state index in [-0.39, 0.29) is 11.8 Å². The maximum absolute atomic E-state index is 13.1. The number of hydrogen-bond donors (Lipinski definition) is 1. The molecule has 6 nitrogen and oxygen atoms in total. The second kappa shape index (κ2) is 7.21. The molecule has 162 valence electrons. The van der Waals surface area contributed by atoms with Gasteiger partial charge in [-0.2, -0.15) is 5.26 Å². The van der Waals surface area contributed by atoms with E-state index in [4.69, 9.17) is 5.26 Å². The fraction of sp³-hybridized carbons (Fsp3) is 0.222. The van der Waals surface area contributed by atoms with Gasteiger partial charge in [-0.1, -0.05) is 36.4 Å². The van der Waals surface area contributed by atoms with Crippen LogP contribution in [0, 0.1) is 11.3 Å². The molecule has 0 saturated carbocycles. The summed E-state index contributed by atoms with van der Waals surface area (Å²) in [5.41, 5.74) is 5.04. The summed E-state index contributed by atoms with van der Waals surface area (Å²) in [7, 11) is 0. The van der Waals surface area contributed by atoms with Crippen LogP contribution < -0.4 is 5.32 Å². The Labute approximate surface area is 190 Å². The Morgan fingerprint density at radius 2 is 1.36 bits per heavy atom. The van der Waals surface area contributed by atoms with Crippen LogP contribution in [0.4, 0.5) is 0 Å². The molecule has 33 heavy (non-hydrogen) atoms. The molecule has 1 aliphatic rings. The van der Waals surface area contributed by atoms with Crippen molar-refractivity contribution in [3.8, 4) is 6.07 Å². The number of unbranched alkanes of at least 4 members (excludes halogenated alkanes) is 2. The predicted octanol–water partition coefficient (Wildman–Crippen LogP) is 5.50. The first kappa shape index (κ1) is 19.6. The van der Waals surface area contributed by atoms with E-state index < -0.39 is 0 Å². The standard InChI is InChI=1S/C27H22N4O2/c1-2-30-18-12-6-4-10-16(18)20-22-23(27(33)29-26(22)32)21-17-11-5-7-13-19(17)31(25(21)24(20)30)15-9-3-8-14-28/h4-7,10-13H,2-3,8-9,15H2,1H3,(H,29,32,33). The Bertz CT molecular complexity index is 1680. The van der Waals surface area contributed by atoms with Crippen molar-refractivity contribution in [3.63, 3.8) is 0 Å². The van der Waals surface area contributed by atoms with Gasteiger partial charge in [-0.15, -0.1) is 0 Å². The molecule has 0 bridgehead atoms. The number of para-hydroxylation sites is 2. The molecule has 6 rings (SSSR count). The Kier molecular flexibility index (Phi) is 4.27. The molecule has 0 spiro atoms. The van der Waals surface area contributed by atoms with Gasteiger partial charge in [0.25, 0.3) is 11.8 Å². The van der Waals surface area contributed by atoms with E-state index in [2.05, 4.69) is 39.6 Å². The summed E-state index contributed by atoms with van der Waals surface area (Å²) in [5, 5.41) is 15.2. The quantitative estimate of drug-likeness (QED) is 0.293. The SMILES string of the molecule is CCn1c2ccccc2c2c3c(c4c5ccccc5n(CCCCC#N)c4c21)C(=O)NC3=O. The maximum atomic E-state index is 13.1. The van der Waals surface area contributed by atoms with Crippen molar-refractivity contribution in [1.82, 2.24) is 14.5 Å². The summed E-state index contributed by atoms with van der Waals surface area (Å²) < 4.78 is 4.54. The molecular weight excluding hydrogens is 412 g/mol. The van der Waals surface area contributed by atoms with Crippen LogP contribution in [0.5, 0.6) is 0 Å². The lowest BCUT2D eigenvalue weighted by molar-refractivity contribution is 0.0880. The van der Waals surface area contributed by atoms with Crippen LogP contribution in [0.15, 0.2) is 48.5 Å². The average Bonchev–Trinajstić information content (AvgIpc) is 3.44. The summed E-state index contributed by atoms with van der Waals surface area (Å²) in [6.45, 7) is 3.58. The lowest BCUT2D eigenvalue weighted by Crippen LogP contribution is -2.20. The molecule has 1 N–H and O–H groups in total. The summed E-state index contributed by atoms with van der Waals surface area (Å²) in [4.78, 5) is 26.2. The first-order valence-electron chi connectivity index (χ1n) is 11.4. The van der Waals surface area contributed by atoms with Gasteiger partial charge in [-0.05, 0) is 31.9 Å². The van der Waals surface area contributed by atoms with Crippen molar-refractivity contribution >= 4 is 55.4 Å². The molecule has 2 aromatic heterocycles. The van der Waals surface area contributed by atoms with Crippen molar-refractivity contribution in [2.75, 3.05) is 0 Å². The van der Waals surface area contributed by atoms with Crippen molar-refractivity contribution in [2.24, 2.45) is 0 Å². The molecule has 0 saturated heterocycles. The third-order valence-corrected chi connectivity index (χ3v) is 6.83. The number of carbonyl (C=O) groups excluding carboxylic acids is 2. The number of nitrogens with zero attached hydrogens (tertiary/aromatic N) is 3. The minimum absolute atomic E-state index is 0.327. The lowest BCUT2D eigenvalue weighted by atomic mass is 9.96. The number of aryl methyl sites for hydroxylation is 2. The number of rotatable bonds is 5. The van der Waals surface area contributed by atoms with Crippen molar-refractivity contribution in [2.45, 2.75) is 39.3 Å². The molecule has 2 amide bonds. The van der Waals surface area contributed by atoms with E-state index in [0.29, 0.717) is 17.5 Å². The number of imide groups is 1. The summed E-state index contributed by atoms with van der Waals surface area (Å²) in [6.07, 6.45) is 2.19. The highest BCUT2D eigenvalue weighted by atomic mass is 16.2. The highest BCUT2D eigenvalue weighted by molar-refractivity contribution is 6.39. The highest BCUT2D eigenvalue weighted by Crippen LogP contribution is 2.44. The number of amides is 2. The zero-order valence-electron chi connectivity index (χ0n) is 18.3. The number of benzene rings is 3.